The number of imidazole rings is 1. The van der Waals surface area contributed by atoms with Gasteiger partial charge in [-0.15, -0.1) is 0 Å². The van der Waals surface area contributed by atoms with E-state index in [2.05, 4.69) is 22.5 Å². The number of benzene rings is 1. The summed E-state index contributed by atoms with van der Waals surface area (Å²) in [5, 5.41) is 3.00. The van der Waals surface area contributed by atoms with Crippen molar-refractivity contribution in [2.24, 2.45) is 11.8 Å². The van der Waals surface area contributed by atoms with Gasteiger partial charge in [0.15, 0.2) is 0 Å². The Hall–Kier alpha value is -2.76. The Bertz CT molecular complexity index is 864. The first-order valence-electron chi connectivity index (χ1n) is 8.71. The van der Waals surface area contributed by atoms with Crippen LogP contribution in [0.4, 0.5) is 10.5 Å². The zero-order chi connectivity index (χ0) is 17.4. The van der Waals surface area contributed by atoms with Crippen molar-refractivity contribution in [3.63, 3.8) is 0 Å². The first-order valence-corrected chi connectivity index (χ1v) is 8.71. The molecule has 2 amide bonds. The Morgan fingerprint density at radius 3 is 2.48 bits per heavy atom. The fourth-order valence-electron chi connectivity index (χ4n) is 3.90. The Morgan fingerprint density at radius 2 is 1.84 bits per heavy atom. The molecule has 1 aromatic heterocycles. The van der Waals surface area contributed by atoms with Crippen LogP contribution >= 0.6 is 0 Å². The van der Waals surface area contributed by atoms with Crippen molar-refractivity contribution in [3.8, 4) is 5.69 Å². The lowest BCUT2D eigenvalue weighted by Gasteiger charge is -2.19. The van der Waals surface area contributed by atoms with Gasteiger partial charge in [0.2, 0.25) is 0 Å². The highest BCUT2D eigenvalue weighted by atomic mass is 16.2. The van der Waals surface area contributed by atoms with Gasteiger partial charge in [-0.2, -0.15) is 0 Å². The minimum Gasteiger partial charge on any atom is -0.324 e. The van der Waals surface area contributed by atoms with Gasteiger partial charge in [0.05, 0.1) is 11.4 Å². The Morgan fingerprint density at radius 1 is 1.16 bits per heavy atom. The van der Waals surface area contributed by atoms with Crippen LogP contribution in [0.15, 0.2) is 47.4 Å². The molecule has 6 nitrogen and oxygen atoms in total. The summed E-state index contributed by atoms with van der Waals surface area (Å²) >= 11 is 0. The van der Waals surface area contributed by atoms with Crippen molar-refractivity contribution in [1.82, 2.24) is 14.5 Å². The number of aromatic amines is 1. The molecule has 1 aromatic carbocycles. The highest BCUT2D eigenvalue weighted by molar-refractivity contribution is 5.91. The van der Waals surface area contributed by atoms with Gasteiger partial charge in [-0.05, 0) is 43.7 Å². The second kappa shape index (κ2) is 6.27. The van der Waals surface area contributed by atoms with E-state index >= 15 is 0 Å². The van der Waals surface area contributed by atoms with Crippen molar-refractivity contribution in [2.75, 3.05) is 18.4 Å². The standard InChI is InChI=1S/C19H22N4O2/c1-13-10-20-18(24)23(13)17-9-5-4-8-16(17)21-19(25)22-11-14-6-2-3-7-15(14)12-22/h2-5,8-10,14-15H,6-7,11-12H2,1H3,(H,20,24)(H,21,25)/t14-,15-/m0/s1. The number of rotatable bonds is 2. The smallest absolute Gasteiger partial charge is 0.324 e. The molecule has 1 saturated heterocycles. The second-order valence-electron chi connectivity index (χ2n) is 6.89. The van der Waals surface area contributed by atoms with E-state index in [1.165, 1.54) is 0 Å². The number of aryl methyl sites for hydroxylation is 1. The summed E-state index contributed by atoms with van der Waals surface area (Å²) in [7, 11) is 0. The zero-order valence-electron chi connectivity index (χ0n) is 14.2. The summed E-state index contributed by atoms with van der Waals surface area (Å²) in [5.74, 6) is 1.14. The maximum Gasteiger partial charge on any atom is 0.330 e. The third kappa shape index (κ3) is 2.88. The molecular weight excluding hydrogens is 316 g/mol. The molecule has 6 heteroatoms. The summed E-state index contributed by atoms with van der Waals surface area (Å²) in [4.78, 5) is 29.4. The number of nitrogens with one attached hydrogen (secondary N) is 2. The lowest BCUT2D eigenvalue weighted by molar-refractivity contribution is 0.220. The van der Waals surface area contributed by atoms with Gasteiger partial charge in [0.25, 0.3) is 0 Å². The van der Waals surface area contributed by atoms with Crippen LogP contribution in [-0.2, 0) is 0 Å². The molecule has 0 bridgehead atoms. The van der Waals surface area contributed by atoms with Crippen molar-refractivity contribution in [2.45, 2.75) is 19.8 Å². The van der Waals surface area contributed by atoms with Gasteiger partial charge < -0.3 is 15.2 Å². The first kappa shape index (κ1) is 15.7. The van der Waals surface area contributed by atoms with Gasteiger partial charge in [0, 0.05) is 25.0 Å². The van der Waals surface area contributed by atoms with Crippen LogP contribution in [0.1, 0.15) is 18.5 Å². The van der Waals surface area contributed by atoms with Crippen LogP contribution in [0.3, 0.4) is 0 Å². The number of allylic oxidation sites excluding steroid dienone is 2. The normalized spacial score (nSPS) is 22.0. The van der Waals surface area contributed by atoms with Crippen LogP contribution in [0.5, 0.6) is 0 Å². The summed E-state index contributed by atoms with van der Waals surface area (Å²) in [5.41, 5.74) is 1.91. The van der Waals surface area contributed by atoms with E-state index < -0.39 is 0 Å². The summed E-state index contributed by atoms with van der Waals surface area (Å²) < 4.78 is 1.57. The van der Waals surface area contributed by atoms with Crippen molar-refractivity contribution < 1.29 is 4.79 Å². The van der Waals surface area contributed by atoms with Crippen LogP contribution in [-0.4, -0.2) is 33.6 Å². The molecule has 1 aliphatic heterocycles. The molecule has 0 spiro atoms. The Balaban J connectivity index is 1.56. The third-order valence-corrected chi connectivity index (χ3v) is 5.25. The molecule has 25 heavy (non-hydrogen) atoms. The number of para-hydroxylation sites is 2. The molecule has 2 heterocycles. The molecule has 1 aliphatic carbocycles. The van der Waals surface area contributed by atoms with Gasteiger partial charge in [-0.3, -0.25) is 4.57 Å². The van der Waals surface area contributed by atoms with Crippen LogP contribution < -0.4 is 11.0 Å². The van der Waals surface area contributed by atoms with E-state index in [1.54, 1.807) is 10.8 Å². The number of fused-ring (bicyclic) bond motifs is 1. The minimum atomic E-state index is -0.211. The zero-order valence-corrected chi connectivity index (χ0v) is 14.2. The van der Waals surface area contributed by atoms with E-state index in [4.69, 9.17) is 0 Å². The fraction of sp³-hybridized carbons (Fsp3) is 0.368. The highest BCUT2D eigenvalue weighted by Gasteiger charge is 2.35. The molecule has 4 rings (SSSR count). The second-order valence-corrected chi connectivity index (χ2v) is 6.89. The largest absolute Gasteiger partial charge is 0.330 e. The summed E-state index contributed by atoms with van der Waals surface area (Å²) in [6.45, 7) is 3.45. The van der Waals surface area contributed by atoms with Gasteiger partial charge in [-0.1, -0.05) is 24.3 Å². The minimum absolute atomic E-state index is 0.0944. The van der Waals surface area contributed by atoms with Crippen LogP contribution in [0.2, 0.25) is 0 Å². The van der Waals surface area contributed by atoms with E-state index in [1.807, 2.05) is 36.1 Å². The molecule has 0 radical (unpaired) electrons. The number of amides is 2. The molecule has 2 aliphatic rings. The number of hydrogen-bond acceptors (Lipinski definition) is 2. The fourth-order valence-corrected chi connectivity index (χ4v) is 3.90. The quantitative estimate of drug-likeness (QED) is 0.827. The number of urea groups is 1. The number of nitrogens with zero attached hydrogens (tertiary/aromatic N) is 2. The molecule has 130 valence electrons. The Kier molecular flexibility index (Phi) is 3.95. The van der Waals surface area contributed by atoms with E-state index in [9.17, 15) is 9.59 Å². The van der Waals surface area contributed by atoms with E-state index in [0.29, 0.717) is 23.2 Å². The van der Waals surface area contributed by atoms with Crippen LogP contribution in [0.25, 0.3) is 5.69 Å². The SMILES string of the molecule is Cc1c[nH]c(=O)n1-c1ccccc1NC(=O)N1C[C@@H]2CC=CC[C@H]2C1. The van der Waals surface area contributed by atoms with Crippen molar-refractivity contribution >= 4 is 11.7 Å². The van der Waals surface area contributed by atoms with Gasteiger partial charge in [0.1, 0.15) is 0 Å². The average Bonchev–Trinajstić information content (AvgIpc) is 3.19. The summed E-state index contributed by atoms with van der Waals surface area (Å²) in [6.07, 6.45) is 8.23. The van der Waals surface area contributed by atoms with Gasteiger partial charge in [-0.25, -0.2) is 9.59 Å². The monoisotopic (exact) mass is 338 g/mol. The number of carbonyl (C=O) groups excluding carboxylic acids is 1. The predicted octanol–water partition coefficient (Wildman–Crippen LogP) is 2.90. The number of likely N-dealkylation sites (tertiary alicyclic amines) is 1. The van der Waals surface area contributed by atoms with Crippen LogP contribution in [0, 0.1) is 18.8 Å². The third-order valence-electron chi connectivity index (χ3n) is 5.25. The molecular formula is C19H22N4O2. The molecule has 2 atom stereocenters. The predicted molar refractivity (Wildman–Crippen MR) is 97.1 cm³/mol. The number of aromatic nitrogens is 2. The number of anilines is 1. The lowest BCUT2D eigenvalue weighted by Crippen LogP contribution is -2.33. The average molecular weight is 338 g/mol. The first-order chi connectivity index (χ1) is 12.1. The van der Waals surface area contributed by atoms with Gasteiger partial charge >= 0.3 is 11.7 Å². The topological polar surface area (TPSA) is 70.1 Å². The lowest BCUT2D eigenvalue weighted by atomic mass is 9.86. The van der Waals surface area contributed by atoms with Crippen molar-refractivity contribution in [3.05, 3.63) is 58.8 Å². The number of hydrogen-bond donors (Lipinski definition) is 2. The molecule has 1 fully saturated rings. The van der Waals surface area contributed by atoms with E-state index in [-0.39, 0.29) is 11.7 Å². The highest BCUT2D eigenvalue weighted by Crippen LogP contribution is 2.33. The molecule has 2 N–H and O–H groups in total. The van der Waals surface area contributed by atoms with E-state index in [0.717, 1.165) is 31.6 Å². The van der Waals surface area contributed by atoms with Crippen molar-refractivity contribution in [1.29, 1.82) is 0 Å². The Labute approximate surface area is 146 Å². The molecule has 2 aromatic rings. The molecule has 0 saturated carbocycles. The maximum atomic E-state index is 12.7. The number of carbonyl (C=O) groups is 1. The summed E-state index contributed by atoms with van der Waals surface area (Å²) in [6, 6.07) is 7.30. The number of H-pyrrole nitrogens is 1. The maximum absolute atomic E-state index is 12.7. The molecule has 0 unspecified atom stereocenters.